The fraction of sp³-hybridized carbons (Fsp3) is 0.286. The van der Waals surface area contributed by atoms with E-state index in [1.54, 1.807) is 69.4 Å². The highest BCUT2D eigenvalue weighted by Crippen LogP contribution is 2.31. The maximum Gasteiger partial charge on any atom is 0.415 e. The Labute approximate surface area is 218 Å². The van der Waals surface area contributed by atoms with Gasteiger partial charge in [0.2, 0.25) is 0 Å². The van der Waals surface area contributed by atoms with Crippen LogP contribution in [-0.4, -0.2) is 16.7 Å². The molecule has 1 heterocycles. The van der Waals surface area contributed by atoms with Crippen LogP contribution in [0.15, 0.2) is 54.7 Å². The molecular weight excluding hydrogens is 490 g/mol. The molecule has 0 radical (unpaired) electrons. The molecule has 3 rings (SSSR count). The summed E-state index contributed by atoms with van der Waals surface area (Å²) >= 11 is 0. The van der Waals surface area contributed by atoms with Gasteiger partial charge in [0.05, 0.1) is 35.5 Å². The van der Waals surface area contributed by atoms with Gasteiger partial charge < -0.3 is 9.47 Å². The molecule has 1 unspecified atom stereocenters. The van der Waals surface area contributed by atoms with Crippen molar-refractivity contribution in [3.8, 4) is 17.9 Å². The average molecular weight is 519 g/mol. The van der Waals surface area contributed by atoms with Gasteiger partial charge in [-0.25, -0.2) is 9.18 Å². The van der Waals surface area contributed by atoms with Crippen LogP contribution in [0.2, 0.25) is 0 Å². The number of amides is 1. The third-order valence-corrected chi connectivity index (χ3v) is 5.70. The number of anilines is 1. The Morgan fingerprint density at radius 1 is 1.11 bits per heavy atom. The van der Waals surface area contributed by atoms with Crippen molar-refractivity contribution in [2.45, 2.75) is 52.4 Å². The van der Waals surface area contributed by atoms with Crippen LogP contribution < -0.4 is 9.64 Å². The zero-order chi connectivity index (χ0) is 27.0. The van der Waals surface area contributed by atoms with E-state index in [4.69, 9.17) is 20.0 Å². The SMILES string of the molecule is CC(C)(C)OC(=O)N(Cc1cnc(CP)c(OCc2cccc(C#N)c2)c1CF)c1ccc(C#N)cc1. The minimum absolute atomic E-state index is 0.0233. The Bertz CT molecular complexity index is 1340. The lowest BCUT2D eigenvalue weighted by Crippen LogP contribution is -2.36. The summed E-state index contributed by atoms with van der Waals surface area (Å²) in [5.74, 6) is 0.307. The van der Waals surface area contributed by atoms with Crippen molar-refractivity contribution in [1.82, 2.24) is 4.98 Å². The van der Waals surface area contributed by atoms with Crippen molar-refractivity contribution in [2.75, 3.05) is 4.90 Å². The second kappa shape index (κ2) is 12.3. The van der Waals surface area contributed by atoms with Crippen LogP contribution in [0.3, 0.4) is 0 Å². The smallest absolute Gasteiger partial charge is 0.415 e. The van der Waals surface area contributed by atoms with E-state index in [2.05, 4.69) is 26.4 Å². The summed E-state index contributed by atoms with van der Waals surface area (Å²) in [6.07, 6.45) is 1.36. The summed E-state index contributed by atoms with van der Waals surface area (Å²) in [5.41, 5.74) is 2.74. The minimum atomic E-state index is -0.835. The van der Waals surface area contributed by atoms with Crippen molar-refractivity contribution >= 4 is 21.0 Å². The molecule has 3 aromatic rings. The lowest BCUT2D eigenvalue weighted by molar-refractivity contribution is 0.0577. The highest BCUT2D eigenvalue weighted by molar-refractivity contribution is 7.15. The predicted octanol–water partition coefficient (Wildman–Crippen LogP) is 6.19. The molecule has 37 heavy (non-hydrogen) atoms. The molecule has 1 amide bonds. The highest BCUT2D eigenvalue weighted by atomic mass is 31.0. The first-order chi connectivity index (χ1) is 17.7. The molecular formula is C28H28FN4O3P. The number of alkyl halides is 1. The zero-order valence-corrected chi connectivity index (χ0v) is 22.1. The number of rotatable bonds is 8. The number of benzene rings is 2. The molecule has 0 N–H and O–H groups in total. The van der Waals surface area contributed by atoms with Gasteiger partial charge in [0.25, 0.3) is 0 Å². The molecule has 0 saturated carbocycles. The van der Waals surface area contributed by atoms with Crippen LogP contribution >= 0.6 is 9.24 Å². The van der Waals surface area contributed by atoms with E-state index in [0.717, 1.165) is 5.56 Å². The third-order valence-electron chi connectivity index (χ3n) is 5.32. The summed E-state index contributed by atoms with van der Waals surface area (Å²) in [6, 6.07) is 17.6. The summed E-state index contributed by atoms with van der Waals surface area (Å²) in [6.45, 7) is 4.55. The fourth-order valence-corrected chi connectivity index (χ4v) is 3.85. The molecule has 0 aliphatic carbocycles. The quantitative estimate of drug-likeness (QED) is 0.330. The molecule has 9 heteroatoms. The third kappa shape index (κ3) is 7.26. The number of carbonyl (C=O) groups is 1. The molecule has 0 bridgehead atoms. The van der Waals surface area contributed by atoms with Crippen LogP contribution in [-0.2, 0) is 30.7 Å². The molecule has 0 aliphatic rings. The predicted molar refractivity (Wildman–Crippen MR) is 142 cm³/mol. The molecule has 2 aromatic carbocycles. The number of aromatic nitrogens is 1. The van der Waals surface area contributed by atoms with Gasteiger partial charge in [-0.05, 0) is 68.3 Å². The van der Waals surface area contributed by atoms with Gasteiger partial charge in [-0.2, -0.15) is 10.5 Å². The maximum atomic E-state index is 14.5. The van der Waals surface area contributed by atoms with Crippen LogP contribution in [0.25, 0.3) is 0 Å². The van der Waals surface area contributed by atoms with Gasteiger partial charge in [-0.3, -0.25) is 9.88 Å². The molecule has 0 saturated heterocycles. The van der Waals surface area contributed by atoms with Gasteiger partial charge in [0.1, 0.15) is 24.6 Å². The number of ether oxygens (including phenoxy) is 2. The highest BCUT2D eigenvalue weighted by Gasteiger charge is 2.26. The van der Waals surface area contributed by atoms with Crippen molar-refractivity contribution in [2.24, 2.45) is 0 Å². The number of halogens is 1. The average Bonchev–Trinajstić information content (AvgIpc) is 2.89. The summed E-state index contributed by atoms with van der Waals surface area (Å²) < 4.78 is 26.1. The van der Waals surface area contributed by atoms with E-state index < -0.39 is 18.4 Å². The maximum absolute atomic E-state index is 14.5. The monoisotopic (exact) mass is 518 g/mol. The first kappa shape index (κ1) is 27.6. The topological polar surface area (TPSA) is 99.2 Å². The molecule has 1 aromatic heterocycles. The Balaban J connectivity index is 1.99. The van der Waals surface area contributed by atoms with Gasteiger partial charge in [-0.15, -0.1) is 9.24 Å². The number of carbonyl (C=O) groups excluding carboxylic acids is 1. The zero-order valence-electron chi connectivity index (χ0n) is 21.0. The van der Waals surface area contributed by atoms with Crippen LogP contribution in [0, 0.1) is 22.7 Å². The number of hydrogen-bond acceptors (Lipinski definition) is 6. The van der Waals surface area contributed by atoms with E-state index in [1.165, 1.54) is 4.90 Å². The summed E-state index contributed by atoms with van der Waals surface area (Å²) in [4.78, 5) is 19.0. The molecule has 1 atom stereocenters. The van der Waals surface area contributed by atoms with E-state index in [-0.39, 0.29) is 18.7 Å². The molecule has 0 spiro atoms. The molecule has 0 fully saturated rings. The van der Waals surface area contributed by atoms with Gasteiger partial charge in [-0.1, -0.05) is 12.1 Å². The number of nitriles is 2. The molecule has 0 aliphatic heterocycles. The van der Waals surface area contributed by atoms with Gasteiger partial charge in [0.15, 0.2) is 0 Å². The fourth-order valence-electron chi connectivity index (χ4n) is 3.56. The normalized spacial score (nSPS) is 10.8. The number of nitrogens with zero attached hydrogens (tertiary/aromatic N) is 4. The van der Waals surface area contributed by atoms with E-state index in [1.807, 2.05) is 6.07 Å². The van der Waals surface area contributed by atoms with Crippen LogP contribution in [0.5, 0.6) is 5.75 Å². The van der Waals surface area contributed by atoms with Crippen LogP contribution in [0.1, 0.15) is 54.3 Å². The molecule has 7 nitrogen and oxygen atoms in total. The number of hydrogen-bond donors (Lipinski definition) is 0. The van der Waals surface area contributed by atoms with Gasteiger partial charge in [0, 0.05) is 23.6 Å². The lowest BCUT2D eigenvalue weighted by atomic mass is 10.1. The van der Waals surface area contributed by atoms with E-state index >= 15 is 0 Å². The van der Waals surface area contributed by atoms with Crippen molar-refractivity contribution in [3.63, 3.8) is 0 Å². The number of pyridine rings is 1. The van der Waals surface area contributed by atoms with Crippen molar-refractivity contribution in [3.05, 3.63) is 88.2 Å². The van der Waals surface area contributed by atoms with Crippen molar-refractivity contribution in [1.29, 1.82) is 10.5 Å². The Morgan fingerprint density at radius 2 is 1.81 bits per heavy atom. The standard InChI is InChI=1S/C28H28FN4O3P/c1-28(2,3)36-27(34)33(23-9-7-19(13-30)8-10-23)16-22-15-32-25(18-37)26(24(22)12-29)35-17-21-6-4-5-20(11-21)14-31/h4-11,15H,12,16-18,37H2,1-3H3. The first-order valence-corrected chi connectivity index (χ1v) is 12.4. The van der Waals surface area contributed by atoms with Gasteiger partial charge >= 0.3 is 6.09 Å². The lowest BCUT2D eigenvalue weighted by Gasteiger charge is -2.28. The largest absolute Gasteiger partial charge is 0.487 e. The minimum Gasteiger partial charge on any atom is -0.487 e. The van der Waals surface area contributed by atoms with Crippen molar-refractivity contribution < 1.29 is 18.7 Å². The Morgan fingerprint density at radius 3 is 2.41 bits per heavy atom. The van der Waals surface area contributed by atoms with E-state index in [0.29, 0.717) is 40.0 Å². The first-order valence-electron chi connectivity index (χ1n) is 11.6. The summed E-state index contributed by atoms with van der Waals surface area (Å²) in [5, 5.41) is 18.3. The second-order valence-electron chi connectivity index (χ2n) is 9.20. The van der Waals surface area contributed by atoms with E-state index in [9.17, 15) is 9.18 Å². The Hall–Kier alpha value is -4.00. The Kier molecular flexibility index (Phi) is 9.17. The molecule has 190 valence electrons. The van der Waals surface area contributed by atoms with Crippen LogP contribution in [0.4, 0.5) is 14.9 Å². The summed E-state index contributed by atoms with van der Waals surface area (Å²) in [7, 11) is 2.56. The second-order valence-corrected chi connectivity index (χ2v) is 9.61.